The average molecular weight is 358 g/mol. The predicted molar refractivity (Wildman–Crippen MR) is 105 cm³/mol. The molecule has 25 heavy (non-hydrogen) atoms. The zero-order chi connectivity index (χ0) is 16.5. The summed E-state index contributed by atoms with van der Waals surface area (Å²) in [5.41, 5.74) is 3.42. The van der Waals surface area contributed by atoms with Crippen molar-refractivity contribution in [2.24, 2.45) is 0 Å². The van der Waals surface area contributed by atoms with Crippen LogP contribution in [0.5, 0.6) is 0 Å². The van der Waals surface area contributed by atoms with Crippen LogP contribution >= 0.6 is 12.4 Å². The second-order valence-corrected chi connectivity index (χ2v) is 6.56. The summed E-state index contributed by atoms with van der Waals surface area (Å²) in [5.74, 6) is 0. The van der Waals surface area contributed by atoms with Gasteiger partial charge in [0.2, 0.25) is 0 Å². The SMILES string of the molecule is CNCC[C@@H](c1ccccc1)n1c(=O)n(C2CC2)c2ccccc21.Cl. The van der Waals surface area contributed by atoms with Crippen LogP contribution in [0, 0.1) is 0 Å². The van der Waals surface area contributed by atoms with Crippen molar-refractivity contribution >= 4 is 23.4 Å². The first-order valence-electron chi connectivity index (χ1n) is 8.72. The summed E-state index contributed by atoms with van der Waals surface area (Å²) >= 11 is 0. The molecular formula is C20H24ClN3O. The Morgan fingerprint density at radius 3 is 2.32 bits per heavy atom. The normalized spacial score (nSPS) is 15.1. The maximum absolute atomic E-state index is 13.3. The minimum Gasteiger partial charge on any atom is -0.320 e. The molecule has 1 aliphatic rings. The minimum absolute atomic E-state index is 0. The first kappa shape index (κ1) is 17.8. The number of para-hydroxylation sites is 2. The lowest BCUT2D eigenvalue weighted by atomic mass is 10.0. The largest absolute Gasteiger partial charge is 0.329 e. The molecule has 0 spiro atoms. The van der Waals surface area contributed by atoms with Crippen LogP contribution in [0.4, 0.5) is 0 Å². The first-order valence-corrected chi connectivity index (χ1v) is 8.72. The fourth-order valence-corrected chi connectivity index (χ4v) is 3.58. The number of fused-ring (bicyclic) bond motifs is 1. The van der Waals surface area contributed by atoms with E-state index in [0.29, 0.717) is 6.04 Å². The maximum Gasteiger partial charge on any atom is 0.329 e. The summed E-state index contributed by atoms with van der Waals surface area (Å²) in [6.07, 6.45) is 3.11. The van der Waals surface area contributed by atoms with Crippen molar-refractivity contribution in [1.29, 1.82) is 0 Å². The fraction of sp³-hybridized carbons (Fsp3) is 0.350. The van der Waals surface area contributed by atoms with Crippen molar-refractivity contribution in [1.82, 2.24) is 14.5 Å². The van der Waals surface area contributed by atoms with Crippen LogP contribution in [0.15, 0.2) is 59.4 Å². The van der Waals surface area contributed by atoms with E-state index in [2.05, 4.69) is 29.6 Å². The van der Waals surface area contributed by atoms with E-state index in [-0.39, 0.29) is 24.1 Å². The molecule has 1 fully saturated rings. The summed E-state index contributed by atoms with van der Waals surface area (Å²) in [6.45, 7) is 0.870. The molecule has 1 aromatic heterocycles. The highest BCUT2D eigenvalue weighted by Crippen LogP contribution is 2.37. The molecule has 1 N–H and O–H groups in total. The van der Waals surface area contributed by atoms with Gasteiger partial charge < -0.3 is 5.32 Å². The molecule has 0 saturated heterocycles. The monoisotopic (exact) mass is 357 g/mol. The number of imidazole rings is 1. The molecule has 0 amide bonds. The van der Waals surface area contributed by atoms with E-state index >= 15 is 0 Å². The third-order valence-electron chi connectivity index (χ3n) is 4.89. The number of nitrogens with one attached hydrogen (secondary N) is 1. The van der Waals surface area contributed by atoms with Gasteiger partial charge in [-0.25, -0.2) is 4.79 Å². The van der Waals surface area contributed by atoms with E-state index in [4.69, 9.17) is 0 Å². The predicted octanol–water partition coefficient (Wildman–Crippen LogP) is 3.76. The number of benzene rings is 2. The Hall–Kier alpha value is -2.04. The molecule has 2 aromatic carbocycles. The Balaban J connectivity index is 0.00000182. The number of hydrogen-bond donors (Lipinski definition) is 1. The third kappa shape index (κ3) is 3.24. The Bertz CT molecular complexity index is 896. The topological polar surface area (TPSA) is 39.0 Å². The van der Waals surface area contributed by atoms with Gasteiger partial charge in [-0.2, -0.15) is 0 Å². The zero-order valence-corrected chi connectivity index (χ0v) is 15.2. The van der Waals surface area contributed by atoms with Crippen molar-refractivity contribution < 1.29 is 0 Å². The number of halogens is 1. The van der Waals surface area contributed by atoms with Gasteiger partial charge in [0.25, 0.3) is 0 Å². The number of rotatable bonds is 6. The molecule has 1 aliphatic carbocycles. The summed E-state index contributed by atoms with van der Waals surface area (Å²) in [5, 5.41) is 3.22. The van der Waals surface area contributed by atoms with Crippen LogP contribution in [0.2, 0.25) is 0 Å². The highest BCUT2D eigenvalue weighted by molar-refractivity contribution is 5.85. The first-order chi connectivity index (χ1) is 11.8. The highest BCUT2D eigenvalue weighted by Gasteiger charge is 2.30. The molecule has 1 atom stereocenters. The van der Waals surface area contributed by atoms with E-state index in [1.807, 2.05) is 46.5 Å². The van der Waals surface area contributed by atoms with Gasteiger partial charge in [0.1, 0.15) is 0 Å². The standard InChI is InChI=1S/C20H23N3O.ClH/c1-21-14-13-17(15-7-3-2-4-8-15)23-19-10-6-5-9-18(19)22(20(23)24)16-11-12-16;/h2-10,16-17,21H,11-14H2,1H3;1H/t17-;/m0./s1. The van der Waals surface area contributed by atoms with Crippen LogP contribution in [0.1, 0.15) is 36.9 Å². The number of aromatic nitrogens is 2. The molecule has 5 heteroatoms. The Morgan fingerprint density at radius 2 is 1.68 bits per heavy atom. The molecule has 1 saturated carbocycles. The van der Waals surface area contributed by atoms with Crippen molar-refractivity contribution in [3.63, 3.8) is 0 Å². The van der Waals surface area contributed by atoms with Crippen molar-refractivity contribution in [3.05, 3.63) is 70.6 Å². The maximum atomic E-state index is 13.3. The summed E-state index contributed by atoms with van der Waals surface area (Å²) in [7, 11) is 1.96. The Morgan fingerprint density at radius 1 is 1.04 bits per heavy atom. The van der Waals surface area contributed by atoms with E-state index in [0.717, 1.165) is 36.8 Å². The van der Waals surface area contributed by atoms with Gasteiger partial charge in [-0.05, 0) is 50.6 Å². The quantitative estimate of drug-likeness (QED) is 0.729. The molecule has 0 bridgehead atoms. The van der Waals surface area contributed by atoms with Crippen molar-refractivity contribution in [3.8, 4) is 0 Å². The molecule has 0 aliphatic heterocycles. The minimum atomic E-state index is 0. The van der Waals surface area contributed by atoms with Gasteiger partial charge in [0.05, 0.1) is 17.1 Å². The van der Waals surface area contributed by atoms with E-state index < -0.39 is 0 Å². The molecular weight excluding hydrogens is 334 g/mol. The summed E-state index contributed by atoms with van der Waals surface area (Å²) < 4.78 is 4.00. The second kappa shape index (κ2) is 7.46. The van der Waals surface area contributed by atoms with Crippen molar-refractivity contribution in [2.75, 3.05) is 13.6 Å². The zero-order valence-electron chi connectivity index (χ0n) is 14.4. The van der Waals surface area contributed by atoms with Gasteiger partial charge in [-0.3, -0.25) is 9.13 Å². The van der Waals surface area contributed by atoms with Crippen LogP contribution in [-0.2, 0) is 0 Å². The lowest BCUT2D eigenvalue weighted by Gasteiger charge is -2.19. The highest BCUT2D eigenvalue weighted by atomic mass is 35.5. The van der Waals surface area contributed by atoms with Crippen LogP contribution < -0.4 is 11.0 Å². The van der Waals surface area contributed by atoms with Gasteiger partial charge in [0.15, 0.2) is 0 Å². The Kier molecular flexibility index (Phi) is 5.30. The summed E-state index contributed by atoms with van der Waals surface area (Å²) in [6, 6.07) is 19.0. The number of hydrogen-bond acceptors (Lipinski definition) is 2. The Labute approximate surface area is 153 Å². The molecule has 0 radical (unpaired) electrons. The van der Waals surface area contributed by atoms with Crippen molar-refractivity contribution in [2.45, 2.75) is 31.3 Å². The van der Waals surface area contributed by atoms with Gasteiger partial charge in [-0.1, -0.05) is 42.5 Å². The van der Waals surface area contributed by atoms with Crippen LogP contribution in [0.3, 0.4) is 0 Å². The molecule has 3 aromatic rings. The molecule has 1 heterocycles. The van der Waals surface area contributed by atoms with E-state index in [1.165, 1.54) is 5.56 Å². The molecule has 132 valence electrons. The lowest BCUT2D eigenvalue weighted by Crippen LogP contribution is -2.29. The van der Waals surface area contributed by atoms with Crippen LogP contribution in [0.25, 0.3) is 11.0 Å². The fourth-order valence-electron chi connectivity index (χ4n) is 3.58. The van der Waals surface area contributed by atoms with E-state index in [9.17, 15) is 4.79 Å². The second-order valence-electron chi connectivity index (χ2n) is 6.56. The van der Waals surface area contributed by atoms with Crippen LogP contribution in [-0.4, -0.2) is 22.7 Å². The molecule has 4 nitrogen and oxygen atoms in total. The third-order valence-corrected chi connectivity index (χ3v) is 4.89. The smallest absolute Gasteiger partial charge is 0.320 e. The lowest BCUT2D eigenvalue weighted by molar-refractivity contribution is 0.511. The van der Waals surface area contributed by atoms with Gasteiger partial charge >= 0.3 is 5.69 Å². The number of nitrogens with zero attached hydrogens (tertiary/aromatic N) is 2. The van der Waals surface area contributed by atoms with E-state index in [1.54, 1.807) is 0 Å². The summed E-state index contributed by atoms with van der Waals surface area (Å²) in [4.78, 5) is 13.3. The van der Waals surface area contributed by atoms with Gasteiger partial charge in [-0.15, -0.1) is 12.4 Å². The van der Waals surface area contributed by atoms with Gasteiger partial charge in [0, 0.05) is 6.04 Å². The average Bonchev–Trinajstić information content (AvgIpc) is 3.41. The molecule has 4 rings (SSSR count). The molecule has 0 unspecified atom stereocenters.